The zero-order chi connectivity index (χ0) is 16.8. The van der Waals surface area contributed by atoms with E-state index < -0.39 is 6.10 Å². The molecule has 2 aromatic rings. The van der Waals surface area contributed by atoms with Crippen molar-refractivity contribution >= 4 is 17.5 Å². The summed E-state index contributed by atoms with van der Waals surface area (Å²) < 4.78 is 5.91. The maximum Gasteiger partial charge on any atom is 0.261 e. The van der Waals surface area contributed by atoms with Crippen molar-refractivity contribution in [1.29, 1.82) is 0 Å². The number of rotatable bonds is 6. The fraction of sp³-hybridized carbons (Fsp3) is 0.316. The molecule has 0 aliphatic carbocycles. The summed E-state index contributed by atoms with van der Waals surface area (Å²) in [5, 5.41) is 3.55. The number of hydrogen-bond donors (Lipinski definition) is 1. The predicted octanol–water partition coefficient (Wildman–Crippen LogP) is 4.43. The van der Waals surface area contributed by atoms with Gasteiger partial charge in [-0.25, -0.2) is 0 Å². The Morgan fingerprint density at radius 1 is 1.17 bits per heavy atom. The lowest BCUT2D eigenvalue weighted by Gasteiger charge is -2.19. The van der Waals surface area contributed by atoms with Crippen LogP contribution in [0.5, 0.6) is 5.75 Å². The number of halogens is 1. The molecule has 0 bridgehead atoms. The Morgan fingerprint density at radius 2 is 1.91 bits per heavy atom. The maximum atomic E-state index is 12.4. The summed E-state index contributed by atoms with van der Waals surface area (Å²) in [6.07, 6.45) is 0.0832. The first kappa shape index (κ1) is 17.4. The van der Waals surface area contributed by atoms with Crippen LogP contribution in [0, 0.1) is 13.8 Å². The predicted molar refractivity (Wildman–Crippen MR) is 93.9 cm³/mol. The van der Waals surface area contributed by atoms with E-state index in [1.165, 1.54) is 0 Å². The van der Waals surface area contributed by atoms with E-state index in [4.69, 9.17) is 16.3 Å². The fourth-order valence-corrected chi connectivity index (χ4v) is 2.47. The van der Waals surface area contributed by atoms with Crippen molar-refractivity contribution in [2.75, 3.05) is 0 Å². The minimum Gasteiger partial charge on any atom is -0.480 e. The third-order valence-electron chi connectivity index (χ3n) is 3.90. The minimum absolute atomic E-state index is 0.131. The molecule has 1 amide bonds. The zero-order valence-corrected chi connectivity index (χ0v) is 14.5. The second-order valence-electron chi connectivity index (χ2n) is 5.52. The van der Waals surface area contributed by atoms with Gasteiger partial charge in [0.25, 0.3) is 5.91 Å². The van der Waals surface area contributed by atoms with Crippen LogP contribution in [0.25, 0.3) is 0 Å². The second kappa shape index (κ2) is 8.02. The highest BCUT2D eigenvalue weighted by atomic mass is 35.5. The Labute approximate surface area is 142 Å². The molecule has 1 atom stereocenters. The molecule has 0 aliphatic heterocycles. The van der Waals surface area contributed by atoms with Crippen LogP contribution in [-0.2, 0) is 11.3 Å². The van der Waals surface area contributed by atoms with Crippen molar-refractivity contribution in [2.24, 2.45) is 0 Å². The van der Waals surface area contributed by atoms with Crippen LogP contribution in [0.15, 0.2) is 42.5 Å². The van der Waals surface area contributed by atoms with Crippen LogP contribution in [0.4, 0.5) is 0 Å². The van der Waals surface area contributed by atoms with Gasteiger partial charge >= 0.3 is 0 Å². The Morgan fingerprint density at radius 3 is 2.61 bits per heavy atom. The van der Waals surface area contributed by atoms with Gasteiger partial charge in [0.2, 0.25) is 0 Å². The normalized spacial score (nSPS) is 11.8. The average molecular weight is 332 g/mol. The van der Waals surface area contributed by atoms with E-state index in [2.05, 4.69) is 5.32 Å². The Hall–Kier alpha value is -2.00. The summed E-state index contributed by atoms with van der Waals surface area (Å²) >= 11 is 6.11. The molecular formula is C19H22ClNO2. The number of benzene rings is 2. The molecule has 0 spiro atoms. The van der Waals surface area contributed by atoms with E-state index in [0.29, 0.717) is 18.0 Å². The van der Waals surface area contributed by atoms with E-state index in [9.17, 15) is 4.79 Å². The smallest absolute Gasteiger partial charge is 0.261 e. The van der Waals surface area contributed by atoms with Gasteiger partial charge in [0.1, 0.15) is 5.75 Å². The highest BCUT2D eigenvalue weighted by Gasteiger charge is 2.19. The Bertz CT molecular complexity index is 685. The van der Waals surface area contributed by atoms with Crippen molar-refractivity contribution in [1.82, 2.24) is 5.32 Å². The molecule has 1 N–H and O–H groups in total. The zero-order valence-electron chi connectivity index (χ0n) is 13.7. The van der Waals surface area contributed by atoms with E-state index in [0.717, 1.165) is 22.4 Å². The first-order valence-corrected chi connectivity index (χ1v) is 8.14. The molecule has 0 fully saturated rings. The quantitative estimate of drug-likeness (QED) is 0.850. The molecule has 4 heteroatoms. The van der Waals surface area contributed by atoms with Gasteiger partial charge in [0.05, 0.1) is 0 Å². The number of carbonyl (C=O) groups excluding carboxylic acids is 1. The number of hydrogen-bond acceptors (Lipinski definition) is 2. The molecule has 122 valence electrons. The molecule has 0 aromatic heterocycles. The van der Waals surface area contributed by atoms with Crippen LogP contribution < -0.4 is 10.1 Å². The van der Waals surface area contributed by atoms with E-state index >= 15 is 0 Å². The first-order valence-electron chi connectivity index (χ1n) is 7.77. The summed E-state index contributed by atoms with van der Waals surface area (Å²) in [7, 11) is 0. The largest absolute Gasteiger partial charge is 0.480 e. The Kier molecular flexibility index (Phi) is 6.05. The van der Waals surface area contributed by atoms with Crippen LogP contribution in [-0.4, -0.2) is 12.0 Å². The van der Waals surface area contributed by atoms with Crippen LogP contribution in [0.3, 0.4) is 0 Å². The molecule has 1 unspecified atom stereocenters. The highest BCUT2D eigenvalue weighted by molar-refractivity contribution is 6.31. The van der Waals surface area contributed by atoms with Crippen molar-refractivity contribution in [3.05, 3.63) is 64.2 Å². The van der Waals surface area contributed by atoms with E-state index in [-0.39, 0.29) is 5.91 Å². The van der Waals surface area contributed by atoms with Gasteiger partial charge in [0, 0.05) is 11.6 Å². The third kappa shape index (κ3) is 4.49. The second-order valence-corrected chi connectivity index (χ2v) is 5.93. The summed E-state index contributed by atoms with van der Waals surface area (Å²) in [5.74, 6) is 0.623. The van der Waals surface area contributed by atoms with Gasteiger partial charge in [-0.05, 0) is 49.1 Å². The molecule has 3 nitrogen and oxygen atoms in total. The molecule has 2 aromatic carbocycles. The summed E-state index contributed by atoms with van der Waals surface area (Å²) in [6.45, 7) is 6.36. The summed E-state index contributed by atoms with van der Waals surface area (Å²) in [6, 6.07) is 13.3. The average Bonchev–Trinajstić information content (AvgIpc) is 2.55. The minimum atomic E-state index is -0.516. The molecule has 0 heterocycles. The molecule has 2 rings (SSSR count). The highest BCUT2D eigenvalue weighted by Crippen LogP contribution is 2.22. The van der Waals surface area contributed by atoms with Gasteiger partial charge in [-0.2, -0.15) is 0 Å². The lowest BCUT2D eigenvalue weighted by atomic mass is 10.1. The van der Waals surface area contributed by atoms with Crippen molar-refractivity contribution in [2.45, 2.75) is 39.8 Å². The van der Waals surface area contributed by atoms with Crippen LogP contribution >= 0.6 is 11.6 Å². The molecule has 23 heavy (non-hydrogen) atoms. The fourth-order valence-electron chi connectivity index (χ4n) is 2.27. The standard InChI is InChI=1S/C19H22ClNO2/c1-4-17(23-18-11-7-8-13(2)14(18)3)19(22)21-12-15-9-5-6-10-16(15)20/h5-11,17H,4,12H2,1-3H3,(H,21,22). The Balaban J connectivity index is 2.01. The molecule has 0 saturated heterocycles. The molecule has 0 radical (unpaired) electrons. The van der Waals surface area contributed by atoms with Crippen LogP contribution in [0.2, 0.25) is 5.02 Å². The third-order valence-corrected chi connectivity index (χ3v) is 4.27. The van der Waals surface area contributed by atoms with Crippen molar-refractivity contribution in [3.8, 4) is 5.75 Å². The molecule has 0 aliphatic rings. The number of amides is 1. The lowest BCUT2D eigenvalue weighted by molar-refractivity contribution is -0.128. The number of carbonyl (C=O) groups is 1. The van der Waals surface area contributed by atoms with E-state index in [1.54, 1.807) is 0 Å². The summed E-state index contributed by atoms with van der Waals surface area (Å²) in [5.41, 5.74) is 3.10. The monoisotopic (exact) mass is 331 g/mol. The van der Waals surface area contributed by atoms with Crippen molar-refractivity contribution < 1.29 is 9.53 Å². The van der Waals surface area contributed by atoms with Crippen LogP contribution in [0.1, 0.15) is 30.0 Å². The van der Waals surface area contributed by atoms with Gasteiger partial charge < -0.3 is 10.1 Å². The molecular weight excluding hydrogens is 310 g/mol. The number of aryl methyl sites for hydroxylation is 1. The number of nitrogens with one attached hydrogen (secondary N) is 1. The van der Waals surface area contributed by atoms with E-state index in [1.807, 2.05) is 63.2 Å². The van der Waals surface area contributed by atoms with Gasteiger partial charge in [0.15, 0.2) is 6.10 Å². The van der Waals surface area contributed by atoms with Gasteiger partial charge in [-0.15, -0.1) is 0 Å². The van der Waals surface area contributed by atoms with Crippen molar-refractivity contribution in [3.63, 3.8) is 0 Å². The maximum absolute atomic E-state index is 12.4. The topological polar surface area (TPSA) is 38.3 Å². The SMILES string of the molecule is CCC(Oc1cccc(C)c1C)C(=O)NCc1ccccc1Cl. The summed E-state index contributed by atoms with van der Waals surface area (Å²) in [4.78, 5) is 12.4. The van der Waals surface area contributed by atoms with Gasteiger partial charge in [-0.1, -0.05) is 48.9 Å². The lowest BCUT2D eigenvalue weighted by Crippen LogP contribution is -2.37. The first-order chi connectivity index (χ1) is 11.0. The van der Waals surface area contributed by atoms with Gasteiger partial charge in [-0.3, -0.25) is 4.79 Å². The molecule has 0 saturated carbocycles. The number of ether oxygens (including phenoxy) is 1.